The summed E-state index contributed by atoms with van der Waals surface area (Å²) in [6, 6.07) is 0. The predicted octanol–water partition coefficient (Wildman–Crippen LogP) is 1.64. The number of hydrogen-bond acceptors (Lipinski definition) is 5. The maximum atomic E-state index is 5.96. The van der Waals surface area contributed by atoms with Crippen molar-refractivity contribution in [1.29, 1.82) is 0 Å². The van der Waals surface area contributed by atoms with Crippen molar-refractivity contribution >= 4 is 23.1 Å². The van der Waals surface area contributed by atoms with E-state index in [1.807, 2.05) is 18.9 Å². The molecular formula is C11H17ClN4O. The minimum atomic E-state index is 0.228. The molecule has 1 atom stereocenters. The molecule has 1 fully saturated rings. The Hall–Kier alpha value is -1.07. The van der Waals surface area contributed by atoms with Gasteiger partial charge in [0.25, 0.3) is 0 Å². The zero-order valence-corrected chi connectivity index (χ0v) is 10.9. The molecular weight excluding hydrogens is 240 g/mol. The number of halogens is 1. The highest BCUT2D eigenvalue weighted by Gasteiger charge is 2.20. The van der Waals surface area contributed by atoms with Gasteiger partial charge in [0.15, 0.2) is 5.82 Å². The molecule has 0 aliphatic carbocycles. The molecule has 0 spiro atoms. The summed E-state index contributed by atoms with van der Waals surface area (Å²) in [6.45, 7) is 3.45. The van der Waals surface area contributed by atoms with Crippen molar-refractivity contribution in [2.24, 2.45) is 0 Å². The first kappa shape index (κ1) is 12.4. The fraction of sp³-hybridized carbons (Fsp3) is 0.636. The van der Waals surface area contributed by atoms with Gasteiger partial charge in [0.05, 0.1) is 17.5 Å². The lowest BCUT2D eigenvalue weighted by molar-refractivity contribution is 0.116. The first-order valence-corrected chi connectivity index (χ1v) is 6.08. The van der Waals surface area contributed by atoms with Crippen LogP contribution in [0.15, 0.2) is 0 Å². The Labute approximate surface area is 106 Å². The number of aromatic nitrogens is 2. The Balaban J connectivity index is 2.14. The first-order chi connectivity index (χ1) is 8.08. The number of nitrogen functional groups attached to an aromatic ring is 1. The molecule has 2 N–H and O–H groups in total. The van der Waals surface area contributed by atoms with Crippen LogP contribution in [0.1, 0.15) is 18.5 Å². The summed E-state index contributed by atoms with van der Waals surface area (Å²) < 4.78 is 5.59. The average molecular weight is 257 g/mol. The third-order valence-corrected chi connectivity index (χ3v) is 3.12. The molecule has 1 aromatic rings. The topological polar surface area (TPSA) is 64.3 Å². The van der Waals surface area contributed by atoms with E-state index in [1.165, 1.54) is 0 Å². The molecule has 0 amide bonds. The van der Waals surface area contributed by atoms with Gasteiger partial charge in [0, 0.05) is 20.2 Å². The molecule has 1 saturated heterocycles. The molecule has 0 saturated carbocycles. The van der Waals surface area contributed by atoms with Crippen molar-refractivity contribution in [3.8, 4) is 0 Å². The van der Waals surface area contributed by atoms with Crippen LogP contribution in [0.5, 0.6) is 0 Å². The van der Waals surface area contributed by atoms with Crippen LogP contribution in [0.2, 0.25) is 5.28 Å². The number of anilines is 2. The smallest absolute Gasteiger partial charge is 0.224 e. The summed E-state index contributed by atoms with van der Waals surface area (Å²) in [5.74, 6) is 0.679. The van der Waals surface area contributed by atoms with E-state index in [2.05, 4.69) is 9.97 Å². The molecule has 2 heterocycles. The zero-order chi connectivity index (χ0) is 12.4. The fourth-order valence-electron chi connectivity index (χ4n) is 2.00. The van der Waals surface area contributed by atoms with Crippen molar-refractivity contribution in [3.63, 3.8) is 0 Å². The Bertz CT molecular complexity index is 407. The first-order valence-electron chi connectivity index (χ1n) is 5.70. The largest absolute Gasteiger partial charge is 0.394 e. The standard InChI is InChI=1S/C11H17ClN4O/c1-7-9(13)10(15-11(12)14-7)16(2)6-8-4-3-5-17-8/h8H,3-6,13H2,1-2H3. The number of nitrogens with two attached hydrogens (primary N) is 1. The quantitative estimate of drug-likeness (QED) is 0.833. The van der Waals surface area contributed by atoms with Crippen molar-refractivity contribution in [1.82, 2.24) is 9.97 Å². The Kier molecular flexibility index (Phi) is 3.69. The van der Waals surface area contributed by atoms with Crippen molar-refractivity contribution < 1.29 is 4.74 Å². The van der Waals surface area contributed by atoms with E-state index < -0.39 is 0 Å². The molecule has 0 bridgehead atoms. The second-order valence-corrected chi connectivity index (χ2v) is 4.67. The van der Waals surface area contributed by atoms with Gasteiger partial charge in [-0.15, -0.1) is 0 Å². The lowest BCUT2D eigenvalue weighted by atomic mass is 10.2. The lowest BCUT2D eigenvalue weighted by Crippen LogP contribution is -2.30. The third kappa shape index (κ3) is 2.79. The van der Waals surface area contributed by atoms with Crippen LogP contribution in [0.3, 0.4) is 0 Å². The van der Waals surface area contributed by atoms with Crippen LogP contribution in [0, 0.1) is 6.92 Å². The molecule has 1 aliphatic heterocycles. The van der Waals surface area contributed by atoms with Crippen LogP contribution in [0.25, 0.3) is 0 Å². The van der Waals surface area contributed by atoms with Gasteiger partial charge < -0.3 is 15.4 Å². The molecule has 17 heavy (non-hydrogen) atoms. The van der Waals surface area contributed by atoms with Gasteiger partial charge in [-0.25, -0.2) is 4.98 Å². The van der Waals surface area contributed by atoms with Gasteiger partial charge in [-0.05, 0) is 31.4 Å². The summed E-state index contributed by atoms with van der Waals surface area (Å²) in [7, 11) is 1.94. The highest BCUT2D eigenvalue weighted by Crippen LogP contribution is 2.25. The van der Waals surface area contributed by atoms with E-state index in [9.17, 15) is 0 Å². The summed E-state index contributed by atoms with van der Waals surface area (Å²) in [6.07, 6.45) is 2.47. The van der Waals surface area contributed by atoms with E-state index >= 15 is 0 Å². The molecule has 1 aromatic heterocycles. The number of ether oxygens (including phenoxy) is 1. The molecule has 0 aromatic carbocycles. The number of nitrogens with zero attached hydrogens (tertiary/aromatic N) is 3. The highest BCUT2D eigenvalue weighted by atomic mass is 35.5. The zero-order valence-electron chi connectivity index (χ0n) is 10.1. The Morgan fingerprint density at radius 1 is 1.53 bits per heavy atom. The molecule has 2 rings (SSSR count). The second kappa shape index (κ2) is 5.06. The lowest BCUT2D eigenvalue weighted by Gasteiger charge is -2.23. The summed E-state index contributed by atoms with van der Waals surface area (Å²) in [5, 5.41) is 0.228. The minimum Gasteiger partial charge on any atom is -0.394 e. The van der Waals surface area contributed by atoms with Gasteiger partial charge in [-0.3, -0.25) is 0 Å². The van der Waals surface area contributed by atoms with E-state index in [0.29, 0.717) is 17.2 Å². The van der Waals surface area contributed by atoms with Gasteiger partial charge in [-0.1, -0.05) is 0 Å². The van der Waals surface area contributed by atoms with E-state index in [1.54, 1.807) is 0 Å². The molecule has 1 aliphatic rings. The normalized spacial score (nSPS) is 19.6. The van der Waals surface area contributed by atoms with Gasteiger partial charge in [-0.2, -0.15) is 4.98 Å². The van der Waals surface area contributed by atoms with E-state index in [4.69, 9.17) is 22.1 Å². The second-order valence-electron chi connectivity index (χ2n) is 4.33. The predicted molar refractivity (Wildman–Crippen MR) is 68.4 cm³/mol. The van der Waals surface area contributed by atoms with Crippen LogP contribution in [-0.2, 0) is 4.74 Å². The number of likely N-dealkylation sites (N-methyl/N-ethyl adjacent to an activating group) is 1. The SMILES string of the molecule is Cc1nc(Cl)nc(N(C)CC2CCCO2)c1N. The summed E-state index contributed by atoms with van der Waals surface area (Å²) in [5.41, 5.74) is 7.25. The molecule has 5 nitrogen and oxygen atoms in total. The molecule has 6 heteroatoms. The van der Waals surface area contributed by atoms with Gasteiger partial charge >= 0.3 is 0 Å². The van der Waals surface area contributed by atoms with E-state index in [0.717, 1.165) is 26.0 Å². The van der Waals surface area contributed by atoms with Crippen molar-refractivity contribution in [2.75, 3.05) is 30.8 Å². The summed E-state index contributed by atoms with van der Waals surface area (Å²) >= 11 is 5.85. The van der Waals surface area contributed by atoms with Crippen LogP contribution in [0.4, 0.5) is 11.5 Å². The Morgan fingerprint density at radius 3 is 2.94 bits per heavy atom. The fourth-order valence-corrected chi connectivity index (χ4v) is 2.21. The number of hydrogen-bond donors (Lipinski definition) is 1. The van der Waals surface area contributed by atoms with Crippen molar-refractivity contribution in [3.05, 3.63) is 11.0 Å². The highest BCUT2D eigenvalue weighted by molar-refractivity contribution is 6.28. The van der Waals surface area contributed by atoms with Crippen molar-refractivity contribution in [2.45, 2.75) is 25.9 Å². The van der Waals surface area contributed by atoms with E-state index in [-0.39, 0.29) is 11.4 Å². The maximum absolute atomic E-state index is 5.96. The average Bonchev–Trinajstić information content (AvgIpc) is 2.76. The van der Waals surface area contributed by atoms with Crippen LogP contribution < -0.4 is 10.6 Å². The minimum absolute atomic E-state index is 0.228. The monoisotopic (exact) mass is 256 g/mol. The molecule has 94 valence electrons. The molecule has 1 unspecified atom stereocenters. The number of rotatable bonds is 3. The Morgan fingerprint density at radius 2 is 2.29 bits per heavy atom. The summed E-state index contributed by atoms with van der Waals surface area (Å²) in [4.78, 5) is 10.2. The van der Waals surface area contributed by atoms with Gasteiger partial charge in [0.2, 0.25) is 5.28 Å². The molecule has 0 radical (unpaired) electrons. The van der Waals surface area contributed by atoms with Crippen LogP contribution in [-0.4, -0.2) is 36.3 Å². The number of aryl methyl sites for hydroxylation is 1. The van der Waals surface area contributed by atoms with Gasteiger partial charge in [0.1, 0.15) is 0 Å². The maximum Gasteiger partial charge on any atom is 0.224 e. The van der Waals surface area contributed by atoms with Crippen LogP contribution >= 0.6 is 11.6 Å². The third-order valence-electron chi connectivity index (χ3n) is 2.95.